The first kappa shape index (κ1) is 10.6. The first-order valence-electron chi connectivity index (χ1n) is 6.03. The van der Waals surface area contributed by atoms with Crippen molar-refractivity contribution in [3.63, 3.8) is 0 Å². The lowest BCUT2D eigenvalue weighted by Gasteiger charge is -2.20. The van der Waals surface area contributed by atoms with Crippen molar-refractivity contribution in [2.75, 3.05) is 6.61 Å². The Hall–Kier alpha value is -1.55. The zero-order chi connectivity index (χ0) is 11.7. The number of aliphatic hydroxyl groups excluding tert-OH is 1. The zero-order valence-electron chi connectivity index (χ0n) is 9.67. The van der Waals surface area contributed by atoms with E-state index in [0.717, 1.165) is 43.1 Å². The van der Waals surface area contributed by atoms with Gasteiger partial charge in [-0.15, -0.1) is 0 Å². The average Bonchev–Trinajstić information content (AvgIpc) is 2.96. The van der Waals surface area contributed by atoms with Gasteiger partial charge in [0, 0.05) is 32.2 Å². The molecule has 1 aliphatic rings. The fourth-order valence-electron chi connectivity index (χ4n) is 2.38. The lowest BCUT2D eigenvalue weighted by molar-refractivity contribution is 0.199. The van der Waals surface area contributed by atoms with Crippen LogP contribution in [0.1, 0.15) is 23.7 Å². The maximum atomic E-state index is 9.18. The van der Waals surface area contributed by atoms with Gasteiger partial charge in [-0.05, 0) is 24.5 Å². The molecule has 0 amide bonds. The lowest BCUT2D eigenvalue weighted by atomic mass is 9.99. The molecule has 4 heteroatoms. The number of imidazole rings is 1. The van der Waals surface area contributed by atoms with Crippen LogP contribution in [0.25, 0.3) is 0 Å². The fourth-order valence-corrected chi connectivity index (χ4v) is 2.38. The molecule has 3 rings (SSSR count). The van der Waals surface area contributed by atoms with Crippen LogP contribution in [0.4, 0.5) is 0 Å². The van der Waals surface area contributed by atoms with Crippen molar-refractivity contribution in [3.05, 3.63) is 41.9 Å². The minimum absolute atomic E-state index is 0.264. The molecule has 2 aromatic rings. The Morgan fingerprint density at radius 3 is 3.24 bits per heavy atom. The number of aryl methyl sites for hydroxylation is 1. The van der Waals surface area contributed by atoms with Crippen LogP contribution in [0, 0.1) is 5.92 Å². The number of hydrogen-bond donors (Lipinski definition) is 1. The second-order valence-electron chi connectivity index (χ2n) is 4.64. The van der Waals surface area contributed by atoms with Crippen molar-refractivity contribution >= 4 is 0 Å². The summed E-state index contributed by atoms with van der Waals surface area (Å²) in [6.07, 6.45) is 6.46. The van der Waals surface area contributed by atoms with Gasteiger partial charge in [-0.25, -0.2) is 4.98 Å². The summed E-state index contributed by atoms with van der Waals surface area (Å²) in [5.41, 5.74) is 1.05. The van der Waals surface area contributed by atoms with E-state index in [1.54, 1.807) is 6.26 Å². The molecule has 0 saturated carbocycles. The van der Waals surface area contributed by atoms with Gasteiger partial charge >= 0.3 is 0 Å². The van der Waals surface area contributed by atoms with Gasteiger partial charge in [0.15, 0.2) is 0 Å². The van der Waals surface area contributed by atoms with Gasteiger partial charge in [-0.2, -0.15) is 0 Å². The second kappa shape index (κ2) is 4.37. The highest BCUT2D eigenvalue weighted by Crippen LogP contribution is 2.21. The maximum absolute atomic E-state index is 9.18. The number of furan rings is 1. The van der Waals surface area contributed by atoms with Gasteiger partial charge in [0.2, 0.25) is 0 Å². The van der Waals surface area contributed by atoms with Crippen LogP contribution in [-0.2, 0) is 19.4 Å². The SMILES string of the molecule is OCC1CCn2cc(Cc3ccco3)nc2C1. The van der Waals surface area contributed by atoms with E-state index in [4.69, 9.17) is 4.42 Å². The van der Waals surface area contributed by atoms with E-state index in [9.17, 15) is 5.11 Å². The van der Waals surface area contributed by atoms with Gasteiger partial charge in [0.1, 0.15) is 11.6 Å². The highest BCUT2D eigenvalue weighted by Gasteiger charge is 2.20. The first-order chi connectivity index (χ1) is 8.35. The molecular formula is C13H16N2O2. The molecule has 0 spiro atoms. The van der Waals surface area contributed by atoms with E-state index in [2.05, 4.69) is 15.7 Å². The zero-order valence-corrected chi connectivity index (χ0v) is 9.67. The van der Waals surface area contributed by atoms with E-state index in [1.807, 2.05) is 12.1 Å². The van der Waals surface area contributed by atoms with Crippen LogP contribution in [0.5, 0.6) is 0 Å². The molecule has 17 heavy (non-hydrogen) atoms. The molecule has 0 saturated heterocycles. The number of aromatic nitrogens is 2. The van der Waals surface area contributed by atoms with Crippen LogP contribution in [0.15, 0.2) is 29.0 Å². The predicted molar refractivity (Wildman–Crippen MR) is 62.6 cm³/mol. The van der Waals surface area contributed by atoms with Crippen LogP contribution in [0.2, 0.25) is 0 Å². The molecule has 1 atom stereocenters. The lowest BCUT2D eigenvalue weighted by Crippen LogP contribution is -2.21. The first-order valence-corrected chi connectivity index (χ1v) is 6.03. The Morgan fingerprint density at radius 1 is 1.53 bits per heavy atom. The van der Waals surface area contributed by atoms with E-state index in [1.165, 1.54) is 0 Å². The smallest absolute Gasteiger partial charge is 0.109 e. The Balaban J connectivity index is 1.78. The molecule has 2 aromatic heterocycles. The summed E-state index contributed by atoms with van der Waals surface area (Å²) in [5.74, 6) is 2.41. The molecule has 0 aliphatic carbocycles. The molecule has 0 fully saturated rings. The van der Waals surface area contributed by atoms with Crippen molar-refractivity contribution in [1.82, 2.24) is 9.55 Å². The maximum Gasteiger partial charge on any atom is 0.109 e. The van der Waals surface area contributed by atoms with Gasteiger partial charge < -0.3 is 14.1 Å². The molecule has 90 valence electrons. The highest BCUT2D eigenvalue weighted by molar-refractivity contribution is 5.14. The van der Waals surface area contributed by atoms with Crippen molar-refractivity contribution in [2.24, 2.45) is 5.92 Å². The molecule has 1 unspecified atom stereocenters. The highest BCUT2D eigenvalue weighted by atomic mass is 16.3. The third-order valence-electron chi connectivity index (χ3n) is 3.35. The van der Waals surface area contributed by atoms with Crippen LogP contribution in [-0.4, -0.2) is 21.3 Å². The predicted octanol–water partition coefficient (Wildman–Crippen LogP) is 1.62. The van der Waals surface area contributed by atoms with Crippen molar-refractivity contribution in [2.45, 2.75) is 25.8 Å². The Kier molecular flexibility index (Phi) is 2.73. The molecule has 1 N–H and O–H groups in total. The van der Waals surface area contributed by atoms with Gasteiger partial charge in [-0.3, -0.25) is 0 Å². The molecule has 1 aliphatic heterocycles. The molecule has 0 radical (unpaired) electrons. The summed E-state index contributed by atoms with van der Waals surface area (Å²) in [7, 11) is 0. The second-order valence-corrected chi connectivity index (χ2v) is 4.64. The third-order valence-corrected chi connectivity index (χ3v) is 3.35. The van der Waals surface area contributed by atoms with Crippen molar-refractivity contribution < 1.29 is 9.52 Å². The van der Waals surface area contributed by atoms with Gasteiger partial charge in [0.25, 0.3) is 0 Å². The van der Waals surface area contributed by atoms with E-state index >= 15 is 0 Å². The molecule has 4 nitrogen and oxygen atoms in total. The Bertz CT molecular complexity index is 487. The number of aliphatic hydroxyl groups is 1. The average molecular weight is 232 g/mol. The van der Waals surface area contributed by atoms with E-state index < -0.39 is 0 Å². The quantitative estimate of drug-likeness (QED) is 0.875. The van der Waals surface area contributed by atoms with E-state index in [-0.39, 0.29) is 6.61 Å². The largest absolute Gasteiger partial charge is 0.469 e. The number of hydrogen-bond acceptors (Lipinski definition) is 3. The summed E-state index contributed by atoms with van der Waals surface area (Å²) in [6, 6.07) is 3.86. The Labute approximate surface area is 99.9 Å². The minimum atomic E-state index is 0.264. The van der Waals surface area contributed by atoms with Gasteiger partial charge in [0.05, 0.1) is 12.0 Å². The molecule has 0 aromatic carbocycles. The summed E-state index contributed by atoms with van der Waals surface area (Å²) in [4.78, 5) is 4.62. The van der Waals surface area contributed by atoms with E-state index in [0.29, 0.717) is 5.92 Å². The normalized spacial score (nSPS) is 19.2. The third kappa shape index (κ3) is 2.13. The standard InChI is InChI=1S/C13H16N2O2/c16-9-10-3-4-15-8-11(14-13(15)6-10)7-12-2-1-5-17-12/h1-2,5,8,10,16H,3-4,6-7,9H2. The molecule has 3 heterocycles. The number of rotatable bonds is 3. The summed E-state index contributed by atoms with van der Waals surface area (Å²) < 4.78 is 7.52. The fraction of sp³-hybridized carbons (Fsp3) is 0.462. The number of nitrogens with zero attached hydrogens (tertiary/aromatic N) is 2. The summed E-state index contributed by atoms with van der Waals surface area (Å²) in [6.45, 7) is 1.23. The van der Waals surface area contributed by atoms with Crippen LogP contribution >= 0.6 is 0 Å². The minimum Gasteiger partial charge on any atom is -0.469 e. The topological polar surface area (TPSA) is 51.2 Å². The van der Waals surface area contributed by atoms with Gasteiger partial charge in [-0.1, -0.05) is 0 Å². The van der Waals surface area contributed by atoms with Crippen LogP contribution in [0.3, 0.4) is 0 Å². The molecular weight excluding hydrogens is 216 g/mol. The summed E-state index contributed by atoms with van der Waals surface area (Å²) in [5, 5.41) is 9.18. The summed E-state index contributed by atoms with van der Waals surface area (Å²) >= 11 is 0. The van der Waals surface area contributed by atoms with Crippen LogP contribution < -0.4 is 0 Å². The Morgan fingerprint density at radius 2 is 2.47 bits per heavy atom. The van der Waals surface area contributed by atoms with Crippen molar-refractivity contribution in [1.29, 1.82) is 0 Å². The van der Waals surface area contributed by atoms with Crippen molar-refractivity contribution in [3.8, 4) is 0 Å². The molecule has 0 bridgehead atoms. The monoisotopic (exact) mass is 232 g/mol. The number of fused-ring (bicyclic) bond motifs is 1.